The molecule has 27 heavy (non-hydrogen) atoms. The minimum absolute atomic E-state index is 0.241. The average molecular weight is 362 g/mol. The second kappa shape index (κ2) is 6.68. The van der Waals surface area contributed by atoms with Crippen LogP contribution in [0.5, 0.6) is 0 Å². The summed E-state index contributed by atoms with van der Waals surface area (Å²) >= 11 is 0. The van der Waals surface area contributed by atoms with Gasteiger partial charge in [0, 0.05) is 25.0 Å². The van der Waals surface area contributed by atoms with E-state index in [4.69, 9.17) is 4.42 Å². The highest BCUT2D eigenvalue weighted by Crippen LogP contribution is 2.51. The summed E-state index contributed by atoms with van der Waals surface area (Å²) in [6, 6.07) is 14.7. The third-order valence-electron chi connectivity index (χ3n) is 6.71. The van der Waals surface area contributed by atoms with Crippen LogP contribution in [0.25, 0.3) is 6.08 Å². The summed E-state index contributed by atoms with van der Waals surface area (Å²) in [6.45, 7) is 2.77. The first-order valence-corrected chi connectivity index (χ1v) is 10.1. The molecule has 4 heterocycles. The smallest absolute Gasteiger partial charge is 0.243 e. The molecule has 140 valence electrons. The summed E-state index contributed by atoms with van der Waals surface area (Å²) in [6.07, 6.45) is 10.2. The number of nitrogens with zero attached hydrogens (tertiary/aromatic N) is 2. The molecule has 0 radical (unpaired) electrons. The van der Waals surface area contributed by atoms with Crippen molar-refractivity contribution in [3.63, 3.8) is 0 Å². The first-order valence-electron chi connectivity index (χ1n) is 10.1. The van der Waals surface area contributed by atoms with Crippen molar-refractivity contribution in [2.75, 3.05) is 19.6 Å². The first-order chi connectivity index (χ1) is 13.3. The van der Waals surface area contributed by atoms with Gasteiger partial charge in [-0.15, -0.1) is 0 Å². The molecule has 3 aliphatic heterocycles. The highest BCUT2D eigenvalue weighted by atomic mass is 16.3. The molecule has 0 N–H and O–H groups in total. The van der Waals surface area contributed by atoms with Gasteiger partial charge in [-0.25, -0.2) is 0 Å². The van der Waals surface area contributed by atoms with Gasteiger partial charge in [-0.3, -0.25) is 9.69 Å². The van der Waals surface area contributed by atoms with Crippen molar-refractivity contribution in [2.45, 2.75) is 37.3 Å². The van der Waals surface area contributed by atoms with Crippen LogP contribution in [0.4, 0.5) is 0 Å². The summed E-state index contributed by atoms with van der Waals surface area (Å²) in [5, 5.41) is 0. The molecule has 1 amide bonds. The van der Waals surface area contributed by atoms with Gasteiger partial charge in [0.25, 0.3) is 0 Å². The Labute approximate surface area is 160 Å². The van der Waals surface area contributed by atoms with Crippen LogP contribution in [-0.4, -0.2) is 46.9 Å². The zero-order valence-corrected chi connectivity index (χ0v) is 15.6. The summed E-state index contributed by atoms with van der Waals surface area (Å²) in [4.78, 5) is 18.0. The Morgan fingerprint density at radius 3 is 2.89 bits per heavy atom. The number of hydrogen-bond acceptors (Lipinski definition) is 3. The number of carbonyl (C=O) groups is 1. The summed E-state index contributed by atoms with van der Waals surface area (Å²) in [7, 11) is 0. The SMILES string of the molecule is O=C1N(CCc2ccccc2)C[C@@H]2C[C@@H](/C=C/c3ccco3)N3CCC[C@@]123. The van der Waals surface area contributed by atoms with Crippen LogP contribution < -0.4 is 0 Å². The molecule has 1 spiro atoms. The molecule has 1 aromatic carbocycles. The van der Waals surface area contributed by atoms with Gasteiger partial charge in [-0.2, -0.15) is 0 Å². The third-order valence-corrected chi connectivity index (χ3v) is 6.71. The average Bonchev–Trinajstić information content (AvgIpc) is 3.44. The zero-order chi connectivity index (χ0) is 18.3. The third kappa shape index (κ3) is 2.74. The number of benzene rings is 1. The monoisotopic (exact) mass is 362 g/mol. The molecule has 4 heteroatoms. The molecular weight excluding hydrogens is 336 g/mol. The maximum absolute atomic E-state index is 13.4. The van der Waals surface area contributed by atoms with Gasteiger partial charge in [-0.1, -0.05) is 36.4 Å². The normalized spacial score (nSPS) is 30.4. The van der Waals surface area contributed by atoms with Crippen molar-refractivity contribution in [1.29, 1.82) is 0 Å². The largest absolute Gasteiger partial charge is 0.465 e. The van der Waals surface area contributed by atoms with Gasteiger partial charge in [0.15, 0.2) is 0 Å². The second-order valence-corrected chi connectivity index (χ2v) is 8.08. The van der Waals surface area contributed by atoms with Crippen LogP contribution in [0, 0.1) is 5.92 Å². The van der Waals surface area contributed by atoms with Crippen LogP contribution in [0.2, 0.25) is 0 Å². The molecule has 3 fully saturated rings. The van der Waals surface area contributed by atoms with E-state index in [0.29, 0.717) is 17.9 Å². The number of amides is 1. The Balaban J connectivity index is 1.31. The van der Waals surface area contributed by atoms with Gasteiger partial charge in [-0.05, 0) is 56.0 Å². The summed E-state index contributed by atoms with van der Waals surface area (Å²) in [5.74, 6) is 1.71. The molecule has 1 aromatic heterocycles. The van der Waals surface area contributed by atoms with Crippen LogP contribution in [0.3, 0.4) is 0 Å². The van der Waals surface area contributed by atoms with Crippen LogP contribution in [-0.2, 0) is 11.2 Å². The molecule has 3 saturated heterocycles. The van der Waals surface area contributed by atoms with Crippen molar-refractivity contribution in [3.8, 4) is 0 Å². The van der Waals surface area contributed by atoms with Crippen molar-refractivity contribution < 1.29 is 9.21 Å². The fraction of sp³-hybridized carbons (Fsp3) is 0.435. The minimum Gasteiger partial charge on any atom is -0.465 e. The molecule has 3 atom stereocenters. The topological polar surface area (TPSA) is 36.7 Å². The number of carbonyl (C=O) groups excluding carboxylic acids is 1. The molecule has 2 aromatic rings. The molecule has 0 bridgehead atoms. The van der Waals surface area contributed by atoms with E-state index >= 15 is 0 Å². The van der Waals surface area contributed by atoms with Gasteiger partial charge < -0.3 is 9.32 Å². The lowest BCUT2D eigenvalue weighted by atomic mass is 9.85. The van der Waals surface area contributed by atoms with Crippen LogP contribution >= 0.6 is 0 Å². The Kier molecular flexibility index (Phi) is 4.16. The van der Waals surface area contributed by atoms with E-state index in [1.165, 1.54) is 5.56 Å². The van der Waals surface area contributed by atoms with E-state index < -0.39 is 0 Å². The van der Waals surface area contributed by atoms with E-state index in [1.54, 1.807) is 6.26 Å². The molecule has 4 nitrogen and oxygen atoms in total. The maximum atomic E-state index is 13.4. The lowest BCUT2D eigenvalue weighted by Crippen LogP contribution is -2.51. The standard InChI is InChI=1S/C23H26N2O2/c26-22-23-12-5-13-25(23)20(9-10-21-8-4-15-27-21)16-19(23)17-24(22)14-11-18-6-2-1-3-7-18/h1-4,6-10,15,19-20H,5,11-14,16-17H2/b10-9+/t19-,20+,23-/m0/s1. The second-order valence-electron chi connectivity index (χ2n) is 8.08. The Morgan fingerprint density at radius 2 is 2.07 bits per heavy atom. The van der Waals surface area contributed by atoms with Gasteiger partial charge in [0.2, 0.25) is 5.91 Å². The minimum atomic E-state index is -0.241. The highest BCUT2D eigenvalue weighted by Gasteiger charge is 2.64. The molecule has 5 rings (SSSR count). The van der Waals surface area contributed by atoms with Crippen molar-refractivity contribution in [2.24, 2.45) is 5.92 Å². The Bertz CT molecular complexity index is 829. The summed E-state index contributed by atoms with van der Waals surface area (Å²) in [5.41, 5.74) is 1.07. The predicted octanol–water partition coefficient (Wildman–Crippen LogP) is 3.60. The van der Waals surface area contributed by atoms with E-state index in [-0.39, 0.29) is 5.54 Å². The summed E-state index contributed by atoms with van der Waals surface area (Å²) < 4.78 is 5.43. The number of furan rings is 1. The highest BCUT2D eigenvalue weighted by molar-refractivity contribution is 5.90. The fourth-order valence-electron chi connectivity index (χ4n) is 5.50. The number of likely N-dealkylation sites (tertiary alicyclic amines) is 1. The van der Waals surface area contributed by atoms with E-state index in [2.05, 4.69) is 46.2 Å². The van der Waals surface area contributed by atoms with Gasteiger partial charge >= 0.3 is 0 Å². The van der Waals surface area contributed by atoms with Crippen LogP contribution in [0.15, 0.2) is 59.2 Å². The zero-order valence-electron chi connectivity index (χ0n) is 15.6. The van der Waals surface area contributed by atoms with E-state index in [0.717, 1.165) is 51.1 Å². The molecule has 0 aliphatic carbocycles. The van der Waals surface area contributed by atoms with Crippen molar-refractivity contribution in [1.82, 2.24) is 9.80 Å². The van der Waals surface area contributed by atoms with Gasteiger partial charge in [0.1, 0.15) is 11.3 Å². The van der Waals surface area contributed by atoms with Crippen molar-refractivity contribution >= 4 is 12.0 Å². The van der Waals surface area contributed by atoms with E-state index in [9.17, 15) is 4.79 Å². The predicted molar refractivity (Wildman–Crippen MR) is 105 cm³/mol. The van der Waals surface area contributed by atoms with Gasteiger partial charge in [0.05, 0.1) is 6.26 Å². The van der Waals surface area contributed by atoms with E-state index in [1.807, 2.05) is 18.2 Å². The molecule has 0 saturated carbocycles. The molecular formula is C23H26N2O2. The molecule has 0 unspecified atom stereocenters. The number of rotatable bonds is 5. The Morgan fingerprint density at radius 1 is 1.19 bits per heavy atom. The quantitative estimate of drug-likeness (QED) is 0.815. The maximum Gasteiger partial charge on any atom is 0.243 e. The Hall–Kier alpha value is -2.33. The lowest BCUT2D eigenvalue weighted by Gasteiger charge is -2.32. The number of hydrogen-bond donors (Lipinski definition) is 0. The first kappa shape index (κ1) is 16.8. The van der Waals surface area contributed by atoms with Crippen LogP contribution in [0.1, 0.15) is 30.6 Å². The van der Waals surface area contributed by atoms with Crippen molar-refractivity contribution in [3.05, 3.63) is 66.1 Å². The molecule has 3 aliphatic rings. The fourth-order valence-corrected chi connectivity index (χ4v) is 5.50. The lowest BCUT2D eigenvalue weighted by molar-refractivity contribution is -0.136.